The monoisotopic (exact) mass is 237 g/mol. The van der Waals surface area contributed by atoms with Crippen LogP contribution in [0.5, 0.6) is 0 Å². The Bertz CT molecular complexity index is 306. The molecule has 0 fully saturated rings. The lowest BCUT2D eigenvalue weighted by Crippen LogP contribution is -2.06. The molecule has 0 unspecified atom stereocenters. The standard InChI is InChI=1S/C12H19N3O2/c1-3-7-16-9-5-12-11-15(14-13-12)6-10-17-8-4-2/h3-4,11H,1-2,5-10H2. The van der Waals surface area contributed by atoms with Gasteiger partial charge in [0, 0.05) is 12.6 Å². The van der Waals surface area contributed by atoms with E-state index >= 15 is 0 Å². The Kier molecular flexibility index (Phi) is 6.93. The topological polar surface area (TPSA) is 49.2 Å². The van der Waals surface area contributed by atoms with Crippen LogP contribution in [0.1, 0.15) is 5.69 Å². The summed E-state index contributed by atoms with van der Waals surface area (Å²) in [5.74, 6) is 0. The van der Waals surface area contributed by atoms with E-state index in [4.69, 9.17) is 9.47 Å². The Morgan fingerprint density at radius 3 is 2.59 bits per heavy atom. The van der Waals surface area contributed by atoms with Crippen LogP contribution in [0.3, 0.4) is 0 Å². The van der Waals surface area contributed by atoms with Gasteiger partial charge in [-0.2, -0.15) is 0 Å². The summed E-state index contributed by atoms with van der Waals surface area (Å²) in [5.41, 5.74) is 0.929. The van der Waals surface area contributed by atoms with Crippen LogP contribution in [-0.4, -0.2) is 41.4 Å². The average molecular weight is 237 g/mol. The van der Waals surface area contributed by atoms with Gasteiger partial charge in [0.05, 0.1) is 38.7 Å². The minimum Gasteiger partial charge on any atom is -0.377 e. The van der Waals surface area contributed by atoms with Crippen LogP contribution in [-0.2, 0) is 22.4 Å². The van der Waals surface area contributed by atoms with Crippen LogP contribution in [0, 0.1) is 0 Å². The van der Waals surface area contributed by atoms with E-state index in [1.807, 2.05) is 6.20 Å². The lowest BCUT2D eigenvalue weighted by atomic mass is 10.3. The zero-order chi connectivity index (χ0) is 12.3. The average Bonchev–Trinajstić information content (AvgIpc) is 2.78. The van der Waals surface area contributed by atoms with Crippen molar-refractivity contribution in [3.8, 4) is 0 Å². The Balaban J connectivity index is 2.18. The van der Waals surface area contributed by atoms with Gasteiger partial charge in [-0.25, -0.2) is 4.68 Å². The van der Waals surface area contributed by atoms with Gasteiger partial charge in [0.1, 0.15) is 0 Å². The number of ether oxygens (including phenoxy) is 2. The largest absolute Gasteiger partial charge is 0.377 e. The van der Waals surface area contributed by atoms with Crippen LogP contribution >= 0.6 is 0 Å². The maximum atomic E-state index is 5.28. The predicted molar refractivity (Wildman–Crippen MR) is 65.8 cm³/mol. The molecule has 0 N–H and O–H groups in total. The van der Waals surface area contributed by atoms with Gasteiger partial charge in [-0.1, -0.05) is 17.4 Å². The second-order valence-corrected chi connectivity index (χ2v) is 3.45. The van der Waals surface area contributed by atoms with Crippen molar-refractivity contribution in [2.24, 2.45) is 0 Å². The minimum atomic E-state index is 0.566. The Labute approximate surface area is 102 Å². The van der Waals surface area contributed by atoms with Gasteiger partial charge in [-0.15, -0.1) is 18.3 Å². The van der Waals surface area contributed by atoms with Crippen molar-refractivity contribution in [1.29, 1.82) is 0 Å². The summed E-state index contributed by atoms with van der Waals surface area (Å²) >= 11 is 0. The van der Waals surface area contributed by atoms with Crippen LogP contribution < -0.4 is 0 Å². The maximum absolute atomic E-state index is 5.28. The van der Waals surface area contributed by atoms with Crippen molar-refractivity contribution in [3.05, 3.63) is 37.2 Å². The minimum absolute atomic E-state index is 0.566. The molecular weight excluding hydrogens is 218 g/mol. The van der Waals surface area contributed by atoms with Gasteiger partial charge < -0.3 is 9.47 Å². The SMILES string of the molecule is C=CCOCCc1cn(CCOCC=C)nn1. The molecule has 5 nitrogen and oxygen atoms in total. The van der Waals surface area contributed by atoms with Gasteiger partial charge in [-0.05, 0) is 0 Å². The molecule has 0 aromatic carbocycles. The van der Waals surface area contributed by atoms with E-state index in [1.165, 1.54) is 0 Å². The summed E-state index contributed by atoms with van der Waals surface area (Å²) in [4.78, 5) is 0. The van der Waals surface area contributed by atoms with Gasteiger partial charge in [-0.3, -0.25) is 0 Å². The van der Waals surface area contributed by atoms with Crippen molar-refractivity contribution in [1.82, 2.24) is 15.0 Å². The molecule has 94 valence electrons. The number of nitrogens with zero attached hydrogens (tertiary/aromatic N) is 3. The lowest BCUT2D eigenvalue weighted by molar-refractivity contribution is 0.149. The Hall–Kier alpha value is -1.46. The van der Waals surface area contributed by atoms with E-state index in [-0.39, 0.29) is 0 Å². The van der Waals surface area contributed by atoms with Crippen molar-refractivity contribution in [2.45, 2.75) is 13.0 Å². The summed E-state index contributed by atoms with van der Waals surface area (Å²) in [6.45, 7) is 10.2. The maximum Gasteiger partial charge on any atom is 0.0850 e. The number of hydrogen-bond donors (Lipinski definition) is 0. The molecule has 0 saturated carbocycles. The van der Waals surface area contributed by atoms with Crippen LogP contribution in [0.4, 0.5) is 0 Å². The summed E-state index contributed by atoms with van der Waals surface area (Å²) in [6, 6.07) is 0. The molecule has 0 radical (unpaired) electrons. The van der Waals surface area contributed by atoms with Crippen molar-refractivity contribution < 1.29 is 9.47 Å². The molecule has 0 aliphatic carbocycles. The highest BCUT2D eigenvalue weighted by Crippen LogP contribution is 1.95. The quantitative estimate of drug-likeness (QED) is 0.453. The fourth-order valence-electron chi connectivity index (χ4n) is 1.23. The molecule has 1 aromatic heterocycles. The smallest absolute Gasteiger partial charge is 0.0850 e. The second kappa shape index (κ2) is 8.66. The lowest BCUT2D eigenvalue weighted by Gasteiger charge is -2.00. The molecule has 1 heterocycles. The molecular formula is C12H19N3O2. The molecule has 17 heavy (non-hydrogen) atoms. The van der Waals surface area contributed by atoms with Crippen molar-refractivity contribution in [3.63, 3.8) is 0 Å². The van der Waals surface area contributed by atoms with Gasteiger partial charge in [0.25, 0.3) is 0 Å². The molecule has 5 heteroatoms. The van der Waals surface area contributed by atoms with Gasteiger partial charge >= 0.3 is 0 Å². The third-order valence-electron chi connectivity index (χ3n) is 2.02. The van der Waals surface area contributed by atoms with Gasteiger partial charge in [0.2, 0.25) is 0 Å². The molecule has 1 aromatic rings. The molecule has 0 spiro atoms. The Morgan fingerprint density at radius 1 is 1.18 bits per heavy atom. The first-order chi connectivity index (χ1) is 8.36. The molecule has 0 aliphatic heterocycles. The third kappa shape index (κ3) is 5.99. The van der Waals surface area contributed by atoms with Crippen LogP contribution in [0.25, 0.3) is 0 Å². The summed E-state index contributed by atoms with van der Waals surface area (Å²) in [6.07, 6.45) is 6.13. The predicted octanol–water partition coefficient (Wildman–Crippen LogP) is 1.23. The highest BCUT2D eigenvalue weighted by molar-refractivity contribution is 4.92. The number of rotatable bonds is 10. The van der Waals surface area contributed by atoms with E-state index in [0.717, 1.165) is 12.1 Å². The fraction of sp³-hybridized carbons (Fsp3) is 0.500. The highest BCUT2D eigenvalue weighted by atomic mass is 16.5. The van der Waals surface area contributed by atoms with Crippen molar-refractivity contribution in [2.75, 3.05) is 26.4 Å². The normalized spacial score (nSPS) is 10.4. The molecule has 0 saturated heterocycles. The first-order valence-electron chi connectivity index (χ1n) is 5.63. The first-order valence-corrected chi connectivity index (χ1v) is 5.63. The van der Waals surface area contributed by atoms with E-state index in [1.54, 1.807) is 16.8 Å². The summed E-state index contributed by atoms with van der Waals surface area (Å²) in [7, 11) is 0. The zero-order valence-corrected chi connectivity index (χ0v) is 10.0. The molecule has 0 atom stereocenters. The zero-order valence-electron chi connectivity index (χ0n) is 10.0. The summed E-state index contributed by atoms with van der Waals surface area (Å²) < 4.78 is 12.3. The molecule has 0 amide bonds. The molecule has 0 aliphatic rings. The second-order valence-electron chi connectivity index (χ2n) is 3.45. The highest BCUT2D eigenvalue weighted by Gasteiger charge is 2.00. The Morgan fingerprint density at radius 2 is 1.88 bits per heavy atom. The van der Waals surface area contributed by atoms with Crippen molar-refractivity contribution >= 4 is 0 Å². The van der Waals surface area contributed by atoms with E-state index in [2.05, 4.69) is 23.5 Å². The third-order valence-corrected chi connectivity index (χ3v) is 2.02. The van der Waals surface area contributed by atoms with E-state index in [0.29, 0.717) is 33.0 Å². The van der Waals surface area contributed by atoms with Gasteiger partial charge in [0.15, 0.2) is 0 Å². The van der Waals surface area contributed by atoms with Crippen LogP contribution in [0.2, 0.25) is 0 Å². The molecule has 0 bridgehead atoms. The summed E-state index contributed by atoms with van der Waals surface area (Å²) in [5, 5.41) is 8.04. The van der Waals surface area contributed by atoms with E-state index in [9.17, 15) is 0 Å². The fourth-order valence-corrected chi connectivity index (χ4v) is 1.23. The number of hydrogen-bond acceptors (Lipinski definition) is 4. The molecule has 1 rings (SSSR count). The number of aromatic nitrogens is 3. The van der Waals surface area contributed by atoms with Crippen LogP contribution in [0.15, 0.2) is 31.5 Å². The van der Waals surface area contributed by atoms with E-state index < -0.39 is 0 Å². The first kappa shape index (κ1) is 13.6.